The summed E-state index contributed by atoms with van der Waals surface area (Å²) in [5, 5.41) is 9.17. The summed E-state index contributed by atoms with van der Waals surface area (Å²) in [4.78, 5) is 16.9. The van der Waals surface area contributed by atoms with Gasteiger partial charge in [0, 0.05) is 18.7 Å². The number of hydrogen-bond acceptors (Lipinski definition) is 3. The van der Waals surface area contributed by atoms with Crippen molar-refractivity contribution in [2.75, 3.05) is 6.54 Å². The zero-order valence-electron chi connectivity index (χ0n) is 11.0. The lowest BCUT2D eigenvalue weighted by Crippen LogP contribution is -2.44. The molecule has 1 N–H and O–H groups in total. The van der Waals surface area contributed by atoms with Crippen molar-refractivity contribution in [1.82, 2.24) is 9.88 Å². The van der Waals surface area contributed by atoms with Gasteiger partial charge in [-0.15, -0.1) is 0 Å². The Balaban J connectivity index is 1.89. The van der Waals surface area contributed by atoms with Gasteiger partial charge in [0.25, 0.3) is 0 Å². The van der Waals surface area contributed by atoms with E-state index in [-0.39, 0.29) is 17.8 Å². The summed E-state index contributed by atoms with van der Waals surface area (Å²) in [6, 6.07) is 4.19. The average molecular weight is 278 g/mol. The van der Waals surface area contributed by atoms with Crippen LogP contribution in [0.2, 0.25) is 0 Å². The number of nitrogens with zero attached hydrogens (tertiary/aromatic N) is 2. The molecule has 5 nitrogen and oxygen atoms in total. The number of rotatable bonds is 1. The smallest absolute Gasteiger partial charge is 0.407 e. The van der Waals surface area contributed by atoms with Crippen LogP contribution in [0.25, 0.3) is 11.1 Å². The minimum absolute atomic E-state index is 0.00516. The molecule has 1 saturated heterocycles. The molecule has 2 heterocycles. The average Bonchev–Trinajstić information content (AvgIpc) is 2.81. The molecule has 2 unspecified atom stereocenters. The first-order chi connectivity index (χ1) is 9.54. The molecule has 1 fully saturated rings. The maximum atomic E-state index is 13.1. The van der Waals surface area contributed by atoms with Crippen molar-refractivity contribution in [1.29, 1.82) is 0 Å². The van der Waals surface area contributed by atoms with Crippen LogP contribution >= 0.6 is 0 Å². The van der Waals surface area contributed by atoms with Crippen LogP contribution in [0.1, 0.15) is 31.6 Å². The predicted molar refractivity (Wildman–Crippen MR) is 70.1 cm³/mol. The SMILES string of the molecule is CC1CCC(c2nc3cc(F)ccc3o2)CN1C(=O)O. The molecular formula is C14H15FN2O3. The monoisotopic (exact) mass is 278 g/mol. The summed E-state index contributed by atoms with van der Waals surface area (Å²) in [5.41, 5.74) is 1.00. The fourth-order valence-electron chi connectivity index (χ4n) is 2.67. The van der Waals surface area contributed by atoms with Crippen LogP contribution < -0.4 is 0 Å². The molecule has 0 spiro atoms. The second kappa shape index (κ2) is 4.77. The van der Waals surface area contributed by atoms with Gasteiger partial charge in [-0.25, -0.2) is 14.2 Å². The molecule has 0 saturated carbocycles. The van der Waals surface area contributed by atoms with Crippen LogP contribution in [-0.2, 0) is 0 Å². The zero-order chi connectivity index (χ0) is 14.3. The number of carbonyl (C=O) groups is 1. The first-order valence-corrected chi connectivity index (χ1v) is 6.60. The van der Waals surface area contributed by atoms with Crippen molar-refractivity contribution in [3.63, 3.8) is 0 Å². The van der Waals surface area contributed by atoms with Crippen molar-refractivity contribution in [2.24, 2.45) is 0 Å². The summed E-state index contributed by atoms with van der Waals surface area (Å²) in [6.45, 7) is 2.26. The molecule has 2 atom stereocenters. The molecule has 0 aliphatic carbocycles. The fourth-order valence-corrected chi connectivity index (χ4v) is 2.67. The predicted octanol–water partition coefficient (Wildman–Crippen LogP) is 3.21. The highest BCUT2D eigenvalue weighted by Gasteiger charge is 2.32. The third-order valence-corrected chi connectivity index (χ3v) is 3.84. The Morgan fingerprint density at radius 2 is 2.30 bits per heavy atom. The normalized spacial score (nSPS) is 23.2. The van der Waals surface area contributed by atoms with E-state index in [0.29, 0.717) is 23.5 Å². The van der Waals surface area contributed by atoms with E-state index >= 15 is 0 Å². The van der Waals surface area contributed by atoms with E-state index in [2.05, 4.69) is 4.98 Å². The highest BCUT2D eigenvalue weighted by atomic mass is 19.1. The lowest BCUT2D eigenvalue weighted by atomic mass is 9.94. The summed E-state index contributed by atoms with van der Waals surface area (Å²) in [7, 11) is 0. The van der Waals surface area contributed by atoms with Gasteiger partial charge in [0.1, 0.15) is 11.3 Å². The molecular weight excluding hydrogens is 263 g/mol. The van der Waals surface area contributed by atoms with Crippen LogP contribution in [-0.4, -0.2) is 33.7 Å². The molecule has 0 radical (unpaired) electrons. The number of amides is 1. The summed E-state index contributed by atoms with van der Waals surface area (Å²) in [5.74, 6) is 0.0586. The number of carboxylic acid groups (broad SMARTS) is 1. The third kappa shape index (κ3) is 2.21. The molecule has 1 aliphatic rings. The first-order valence-electron chi connectivity index (χ1n) is 6.60. The van der Waals surface area contributed by atoms with Crippen molar-refractivity contribution < 1.29 is 18.7 Å². The maximum Gasteiger partial charge on any atom is 0.407 e. The van der Waals surface area contributed by atoms with Gasteiger partial charge in [0.15, 0.2) is 11.5 Å². The highest BCUT2D eigenvalue weighted by Crippen LogP contribution is 2.31. The lowest BCUT2D eigenvalue weighted by Gasteiger charge is -2.34. The molecule has 1 aromatic carbocycles. The third-order valence-electron chi connectivity index (χ3n) is 3.84. The van der Waals surface area contributed by atoms with Crippen LogP contribution in [0.4, 0.5) is 9.18 Å². The van der Waals surface area contributed by atoms with E-state index in [9.17, 15) is 14.3 Å². The van der Waals surface area contributed by atoms with E-state index in [0.717, 1.165) is 12.8 Å². The molecule has 1 aliphatic heterocycles. The first kappa shape index (κ1) is 12.9. The Hall–Kier alpha value is -2.11. The van der Waals surface area contributed by atoms with Crippen molar-refractivity contribution in [3.05, 3.63) is 29.9 Å². The second-order valence-corrected chi connectivity index (χ2v) is 5.22. The maximum absolute atomic E-state index is 13.1. The summed E-state index contributed by atoms with van der Waals surface area (Å²) >= 11 is 0. The Morgan fingerprint density at radius 1 is 1.50 bits per heavy atom. The van der Waals surface area contributed by atoms with E-state index in [4.69, 9.17) is 4.42 Å². The van der Waals surface area contributed by atoms with Gasteiger partial charge in [0.2, 0.25) is 0 Å². The number of hydrogen-bond donors (Lipinski definition) is 1. The molecule has 3 rings (SSSR count). The van der Waals surface area contributed by atoms with Gasteiger partial charge in [-0.05, 0) is 31.9 Å². The molecule has 6 heteroatoms. The second-order valence-electron chi connectivity index (χ2n) is 5.22. The minimum Gasteiger partial charge on any atom is -0.465 e. The molecule has 2 aromatic rings. The van der Waals surface area contributed by atoms with E-state index in [1.165, 1.54) is 17.0 Å². The van der Waals surface area contributed by atoms with Crippen LogP contribution in [0, 0.1) is 5.82 Å². The Morgan fingerprint density at radius 3 is 3.05 bits per heavy atom. The molecule has 20 heavy (non-hydrogen) atoms. The summed E-state index contributed by atoms with van der Waals surface area (Å²) < 4.78 is 18.8. The van der Waals surface area contributed by atoms with E-state index in [1.54, 1.807) is 6.07 Å². The number of likely N-dealkylation sites (tertiary alicyclic amines) is 1. The minimum atomic E-state index is -0.927. The topological polar surface area (TPSA) is 66.6 Å². The lowest BCUT2D eigenvalue weighted by molar-refractivity contribution is 0.102. The number of benzene rings is 1. The number of aromatic nitrogens is 1. The van der Waals surface area contributed by atoms with Gasteiger partial charge < -0.3 is 14.4 Å². The van der Waals surface area contributed by atoms with Crippen LogP contribution in [0.5, 0.6) is 0 Å². The highest BCUT2D eigenvalue weighted by molar-refractivity contribution is 5.72. The number of halogens is 1. The van der Waals surface area contributed by atoms with Crippen molar-refractivity contribution in [2.45, 2.75) is 31.7 Å². The van der Waals surface area contributed by atoms with Gasteiger partial charge >= 0.3 is 6.09 Å². The number of oxazole rings is 1. The van der Waals surface area contributed by atoms with Crippen LogP contribution in [0.3, 0.4) is 0 Å². The van der Waals surface area contributed by atoms with Gasteiger partial charge in [0.05, 0.1) is 5.92 Å². The van der Waals surface area contributed by atoms with Crippen molar-refractivity contribution in [3.8, 4) is 0 Å². The molecule has 106 valence electrons. The van der Waals surface area contributed by atoms with Crippen molar-refractivity contribution >= 4 is 17.2 Å². The molecule has 0 bridgehead atoms. The quantitative estimate of drug-likeness (QED) is 0.869. The van der Waals surface area contributed by atoms with Gasteiger partial charge in [-0.2, -0.15) is 0 Å². The van der Waals surface area contributed by atoms with Gasteiger partial charge in [-0.1, -0.05) is 0 Å². The van der Waals surface area contributed by atoms with E-state index in [1.807, 2.05) is 6.92 Å². The van der Waals surface area contributed by atoms with Crippen LogP contribution in [0.15, 0.2) is 22.6 Å². The number of piperidine rings is 1. The fraction of sp³-hybridized carbons (Fsp3) is 0.429. The van der Waals surface area contributed by atoms with Gasteiger partial charge in [-0.3, -0.25) is 0 Å². The summed E-state index contributed by atoms with van der Waals surface area (Å²) in [6.07, 6.45) is 0.661. The Bertz CT molecular complexity index is 655. The largest absolute Gasteiger partial charge is 0.465 e. The van der Waals surface area contributed by atoms with E-state index < -0.39 is 6.09 Å². The standard InChI is InChI=1S/C14H15FN2O3/c1-8-2-3-9(7-17(8)14(18)19)13-16-11-6-10(15)4-5-12(11)20-13/h4-6,8-9H,2-3,7H2,1H3,(H,18,19). The number of fused-ring (bicyclic) bond motifs is 1. The zero-order valence-corrected chi connectivity index (χ0v) is 11.0. The molecule has 1 aromatic heterocycles. The molecule has 1 amide bonds. The Kier molecular flexibility index (Phi) is 3.08. The Labute approximate surface area is 115 Å².